The van der Waals surface area contributed by atoms with Crippen molar-refractivity contribution < 1.29 is 14.3 Å². The van der Waals surface area contributed by atoms with Gasteiger partial charge < -0.3 is 4.74 Å². The lowest BCUT2D eigenvalue weighted by atomic mass is 10.1. The molecule has 0 heterocycles. The van der Waals surface area contributed by atoms with Crippen LogP contribution in [0.3, 0.4) is 0 Å². The third-order valence-corrected chi connectivity index (χ3v) is 3.47. The molecule has 0 unspecified atom stereocenters. The molecule has 5 heteroatoms. The predicted octanol–water partition coefficient (Wildman–Crippen LogP) is 6.20. The van der Waals surface area contributed by atoms with Crippen molar-refractivity contribution in [3.63, 3.8) is 0 Å². The van der Waals surface area contributed by atoms with Crippen LogP contribution in [-0.4, -0.2) is 17.3 Å². The summed E-state index contributed by atoms with van der Waals surface area (Å²) in [6, 6.07) is -0.0200. The highest BCUT2D eigenvalue weighted by atomic mass is 35.5. The van der Waals surface area contributed by atoms with Gasteiger partial charge in [0.2, 0.25) is 5.24 Å². The molecule has 0 aliphatic rings. The summed E-state index contributed by atoms with van der Waals surface area (Å²) in [5, 5.41) is -0.198. The first kappa shape index (κ1) is 24.0. The van der Waals surface area contributed by atoms with E-state index in [9.17, 15) is 9.59 Å². The molecule has 0 saturated heterocycles. The fourth-order valence-corrected chi connectivity index (χ4v) is 2.13. The van der Waals surface area contributed by atoms with E-state index >= 15 is 0 Å². The molecule has 0 fully saturated rings. The molecule has 22 heavy (non-hydrogen) atoms. The van der Waals surface area contributed by atoms with Crippen molar-refractivity contribution in [2.24, 2.45) is 0 Å². The van der Waals surface area contributed by atoms with Crippen molar-refractivity contribution in [3.8, 4) is 0 Å². The Morgan fingerprint density at radius 3 is 1.64 bits per heavy atom. The third kappa shape index (κ3) is 24.7. The molecule has 0 N–H and O–H groups in total. The lowest BCUT2D eigenvalue weighted by molar-refractivity contribution is -0.141. The second-order valence-electron chi connectivity index (χ2n) is 5.31. The van der Waals surface area contributed by atoms with Crippen molar-refractivity contribution in [1.82, 2.24) is 0 Å². The highest BCUT2D eigenvalue weighted by Crippen LogP contribution is 2.06. The molecule has 0 saturated carbocycles. The van der Waals surface area contributed by atoms with Crippen molar-refractivity contribution >= 4 is 34.4 Å². The first-order chi connectivity index (χ1) is 10.6. The summed E-state index contributed by atoms with van der Waals surface area (Å²) in [5.41, 5.74) is 0. The Labute approximate surface area is 146 Å². The van der Waals surface area contributed by atoms with E-state index in [-0.39, 0.29) is 17.3 Å². The van der Waals surface area contributed by atoms with Crippen molar-refractivity contribution in [2.45, 2.75) is 90.9 Å². The first-order valence-corrected chi connectivity index (χ1v) is 9.39. The zero-order valence-corrected chi connectivity index (χ0v) is 15.7. The second-order valence-corrected chi connectivity index (χ2v) is 5.95. The Balaban J connectivity index is 0. The van der Waals surface area contributed by atoms with E-state index < -0.39 is 0 Å². The van der Waals surface area contributed by atoms with Crippen molar-refractivity contribution in [2.75, 3.05) is 6.07 Å². The van der Waals surface area contributed by atoms with Gasteiger partial charge in [0.15, 0.2) is 6.07 Å². The second kappa shape index (κ2) is 20.7. The summed E-state index contributed by atoms with van der Waals surface area (Å²) in [6.45, 7) is 4.34. The number of carbonyl (C=O) groups is 2. The van der Waals surface area contributed by atoms with Gasteiger partial charge in [0, 0.05) is 12.8 Å². The maximum atomic E-state index is 10.8. The average molecular weight is 355 g/mol. The number of hydrogen-bond acceptors (Lipinski definition) is 3. The largest absolute Gasteiger partial charge is 0.449 e. The molecule has 0 aliphatic carbocycles. The lowest BCUT2D eigenvalue weighted by Gasteiger charge is -2.00. The molecule has 0 radical (unpaired) electrons. The summed E-state index contributed by atoms with van der Waals surface area (Å²) in [4.78, 5) is 21.0. The van der Waals surface area contributed by atoms with Gasteiger partial charge in [0.1, 0.15) is 0 Å². The number of hydrogen-bond donors (Lipinski definition) is 0. The third-order valence-electron chi connectivity index (χ3n) is 3.18. The van der Waals surface area contributed by atoms with Crippen LogP contribution >= 0.6 is 23.2 Å². The average Bonchev–Trinajstić information content (AvgIpc) is 2.47. The number of ether oxygens (including phenoxy) is 1. The van der Waals surface area contributed by atoms with Crippen LogP contribution in [0.4, 0.5) is 0 Å². The highest BCUT2D eigenvalue weighted by Gasteiger charge is 2.00. The van der Waals surface area contributed by atoms with Crippen LogP contribution in [0.25, 0.3) is 0 Å². The van der Waals surface area contributed by atoms with Gasteiger partial charge in [-0.3, -0.25) is 9.59 Å². The molecule has 0 bridgehead atoms. The van der Waals surface area contributed by atoms with Crippen LogP contribution in [0.5, 0.6) is 0 Å². The van der Waals surface area contributed by atoms with E-state index in [0.29, 0.717) is 12.8 Å². The topological polar surface area (TPSA) is 43.4 Å². The summed E-state index contributed by atoms with van der Waals surface area (Å²) >= 11 is 10.4. The Morgan fingerprint density at radius 2 is 1.23 bits per heavy atom. The zero-order chi connectivity index (χ0) is 17.1. The summed E-state index contributed by atoms with van der Waals surface area (Å²) < 4.78 is 4.57. The van der Waals surface area contributed by atoms with E-state index in [4.69, 9.17) is 23.2 Å². The smallest absolute Gasteiger partial charge is 0.306 e. The van der Waals surface area contributed by atoms with Gasteiger partial charge >= 0.3 is 5.97 Å². The van der Waals surface area contributed by atoms with Gasteiger partial charge in [-0.1, -0.05) is 76.8 Å². The number of rotatable bonds is 13. The summed E-state index contributed by atoms with van der Waals surface area (Å²) in [6.07, 6.45) is 12.7. The summed E-state index contributed by atoms with van der Waals surface area (Å²) in [7, 11) is 0. The van der Waals surface area contributed by atoms with Crippen molar-refractivity contribution in [1.29, 1.82) is 0 Å². The minimum atomic E-state index is -0.198. The van der Waals surface area contributed by atoms with Crippen LogP contribution in [-0.2, 0) is 14.3 Å². The predicted molar refractivity (Wildman–Crippen MR) is 94.4 cm³/mol. The van der Waals surface area contributed by atoms with E-state index in [0.717, 1.165) is 25.7 Å². The highest BCUT2D eigenvalue weighted by molar-refractivity contribution is 6.63. The van der Waals surface area contributed by atoms with Crippen LogP contribution in [0.2, 0.25) is 0 Å². The normalized spacial score (nSPS) is 9.82. The van der Waals surface area contributed by atoms with Crippen LogP contribution in [0.1, 0.15) is 90.9 Å². The monoisotopic (exact) mass is 354 g/mol. The van der Waals surface area contributed by atoms with Crippen LogP contribution in [0.15, 0.2) is 0 Å². The molecule has 0 aliphatic heterocycles. The van der Waals surface area contributed by atoms with Crippen molar-refractivity contribution in [3.05, 3.63) is 0 Å². The van der Waals surface area contributed by atoms with Crippen LogP contribution in [0, 0.1) is 0 Å². The molecule has 132 valence electrons. The molecule has 3 nitrogen and oxygen atoms in total. The van der Waals surface area contributed by atoms with E-state index in [1.807, 2.05) is 0 Å². The Hall–Kier alpha value is -0.280. The fourth-order valence-electron chi connectivity index (χ4n) is 1.87. The number of unbranched alkanes of at least 4 members (excludes halogenated alkanes) is 8. The molecule has 0 aromatic carbocycles. The molecular formula is C17H32Cl2O3. The fraction of sp³-hybridized carbons (Fsp3) is 0.882. The minimum Gasteiger partial charge on any atom is -0.449 e. The molecular weight excluding hydrogens is 323 g/mol. The van der Waals surface area contributed by atoms with Gasteiger partial charge in [-0.15, -0.1) is 0 Å². The summed E-state index contributed by atoms with van der Waals surface area (Å²) in [5.74, 6) is -0.179. The maximum absolute atomic E-state index is 10.8. The standard InChI is InChI=1S/C9H17ClO2.C8H15ClO/c1-2-3-4-5-6-7-9(11)12-8-10;1-2-3-4-5-6-7-8(9)10/h2-8H2,1H3;2-7H2,1H3. The van der Waals surface area contributed by atoms with E-state index in [1.165, 1.54) is 38.5 Å². The lowest BCUT2D eigenvalue weighted by Crippen LogP contribution is -2.01. The van der Waals surface area contributed by atoms with Gasteiger partial charge in [0.25, 0.3) is 0 Å². The number of alkyl halides is 1. The quantitative estimate of drug-likeness (QED) is 0.171. The molecule has 0 rings (SSSR count). The Morgan fingerprint density at radius 1 is 0.773 bits per heavy atom. The minimum absolute atomic E-state index is 0.0200. The number of esters is 1. The Kier molecular flexibility index (Phi) is 22.6. The van der Waals surface area contributed by atoms with Crippen LogP contribution < -0.4 is 0 Å². The number of halogens is 2. The SMILES string of the molecule is CCCCCCCC(=O)Cl.CCCCCCCC(=O)OCCl. The van der Waals surface area contributed by atoms with E-state index in [1.54, 1.807) is 0 Å². The maximum Gasteiger partial charge on any atom is 0.306 e. The van der Waals surface area contributed by atoms with Gasteiger partial charge in [-0.25, -0.2) is 0 Å². The van der Waals surface area contributed by atoms with Gasteiger partial charge in [-0.05, 0) is 24.4 Å². The first-order valence-electron chi connectivity index (χ1n) is 8.48. The van der Waals surface area contributed by atoms with Gasteiger partial charge in [0.05, 0.1) is 0 Å². The Bertz CT molecular complexity index is 258. The molecule has 0 aromatic heterocycles. The number of carbonyl (C=O) groups excluding carboxylic acids is 2. The molecule has 0 spiro atoms. The molecule has 0 atom stereocenters. The molecule has 0 amide bonds. The molecule has 0 aromatic rings. The zero-order valence-electron chi connectivity index (χ0n) is 14.2. The van der Waals surface area contributed by atoms with Gasteiger partial charge in [-0.2, -0.15) is 0 Å². The van der Waals surface area contributed by atoms with E-state index in [2.05, 4.69) is 18.6 Å².